The van der Waals surface area contributed by atoms with Gasteiger partial charge in [0.1, 0.15) is 5.75 Å². The van der Waals surface area contributed by atoms with E-state index in [2.05, 4.69) is 39.4 Å². The number of aliphatic imine (C=N–C) groups is 1. The number of unbranched alkanes of at least 4 members (excludes halogenated alkanes) is 4. The number of halogens is 2. The van der Waals surface area contributed by atoms with Crippen molar-refractivity contribution < 1.29 is 23.0 Å². The van der Waals surface area contributed by atoms with Crippen molar-refractivity contribution in [2.75, 3.05) is 40.5 Å². The third-order valence-corrected chi connectivity index (χ3v) is 4.60. The molecule has 2 rings (SSSR count). The van der Waals surface area contributed by atoms with Crippen molar-refractivity contribution in [2.45, 2.75) is 52.2 Å². The fraction of sp³-hybridized carbons (Fsp3) is 0.667. The lowest BCUT2D eigenvalue weighted by Crippen LogP contribution is -2.37. The van der Waals surface area contributed by atoms with Gasteiger partial charge in [0, 0.05) is 24.7 Å². The first-order valence-electron chi connectivity index (χ1n) is 10.5. The van der Waals surface area contributed by atoms with Crippen LogP contribution < -0.4 is 24.8 Å². The normalized spacial score (nSPS) is 13.2. The maximum absolute atomic E-state index is 12.8. The predicted molar refractivity (Wildman–Crippen MR) is 114 cm³/mol. The largest absolute Gasteiger partial charge is 0.454 e. The van der Waals surface area contributed by atoms with Gasteiger partial charge >= 0.3 is 6.61 Å². The molecule has 0 aliphatic carbocycles. The summed E-state index contributed by atoms with van der Waals surface area (Å²) < 4.78 is 40.8. The molecule has 30 heavy (non-hydrogen) atoms. The number of nitrogens with one attached hydrogen (secondary N) is 2. The second-order valence-corrected chi connectivity index (χ2v) is 7.38. The molecular formula is C21H34F2N4O3. The molecule has 0 bridgehead atoms. The Morgan fingerprint density at radius 2 is 1.80 bits per heavy atom. The Labute approximate surface area is 177 Å². The molecule has 0 radical (unpaired) electrons. The van der Waals surface area contributed by atoms with Gasteiger partial charge in [0.25, 0.3) is 0 Å². The number of rotatable bonds is 13. The molecule has 0 saturated carbocycles. The molecule has 0 spiro atoms. The summed E-state index contributed by atoms with van der Waals surface area (Å²) in [6.45, 7) is 1.95. The van der Waals surface area contributed by atoms with Crippen molar-refractivity contribution in [2.24, 2.45) is 4.99 Å². The molecule has 0 aromatic heterocycles. The van der Waals surface area contributed by atoms with E-state index in [1.165, 1.54) is 25.3 Å². The van der Waals surface area contributed by atoms with Gasteiger partial charge < -0.3 is 29.7 Å². The summed E-state index contributed by atoms with van der Waals surface area (Å²) in [6.07, 6.45) is 5.89. The van der Waals surface area contributed by atoms with Crippen LogP contribution in [0.25, 0.3) is 0 Å². The van der Waals surface area contributed by atoms with Gasteiger partial charge in [-0.2, -0.15) is 8.78 Å². The second-order valence-electron chi connectivity index (χ2n) is 7.38. The van der Waals surface area contributed by atoms with Crippen molar-refractivity contribution in [1.82, 2.24) is 15.5 Å². The average molecular weight is 429 g/mol. The van der Waals surface area contributed by atoms with Gasteiger partial charge in [0.2, 0.25) is 6.79 Å². The Kier molecular flexibility index (Phi) is 10.5. The summed E-state index contributed by atoms with van der Waals surface area (Å²) in [5.74, 6) is 1.60. The van der Waals surface area contributed by atoms with E-state index in [1.807, 2.05) is 6.92 Å². The molecule has 7 nitrogen and oxygen atoms in total. The van der Waals surface area contributed by atoms with E-state index in [4.69, 9.17) is 9.47 Å². The van der Waals surface area contributed by atoms with Gasteiger partial charge in [-0.05, 0) is 46.5 Å². The predicted octanol–water partition coefficient (Wildman–Crippen LogP) is 3.58. The van der Waals surface area contributed by atoms with E-state index in [9.17, 15) is 8.78 Å². The highest BCUT2D eigenvalue weighted by atomic mass is 19.3. The van der Waals surface area contributed by atoms with Crippen LogP contribution in [0.3, 0.4) is 0 Å². The van der Waals surface area contributed by atoms with Crippen molar-refractivity contribution in [1.29, 1.82) is 0 Å². The zero-order valence-electron chi connectivity index (χ0n) is 18.2. The summed E-state index contributed by atoms with van der Waals surface area (Å²) in [4.78, 5) is 6.72. The molecule has 9 heteroatoms. The highest BCUT2D eigenvalue weighted by molar-refractivity contribution is 5.79. The fourth-order valence-electron chi connectivity index (χ4n) is 3.09. The minimum Gasteiger partial charge on any atom is -0.454 e. The van der Waals surface area contributed by atoms with Gasteiger partial charge in [-0.25, -0.2) is 4.99 Å². The minimum atomic E-state index is -2.92. The van der Waals surface area contributed by atoms with Crippen molar-refractivity contribution in [3.05, 3.63) is 17.7 Å². The lowest BCUT2D eigenvalue weighted by molar-refractivity contribution is -0.0505. The average Bonchev–Trinajstić information content (AvgIpc) is 3.14. The summed E-state index contributed by atoms with van der Waals surface area (Å²) in [6, 6.07) is 3.07. The van der Waals surface area contributed by atoms with E-state index < -0.39 is 6.61 Å². The molecule has 1 heterocycles. The molecule has 1 aliphatic rings. The Balaban J connectivity index is 1.85. The molecule has 170 valence electrons. The van der Waals surface area contributed by atoms with Gasteiger partial charge in [-0.1, -0.05) is 19.3 Å². The lowest BCUT2D eigenvalue weighted by atomic mass is 10.1. The standard InChI is InChI=1S/C21H34F2N4O3/c1-4-24-21(25-10-8-6-5-7-9-11-27(2)3)26-14-16-12-18-19(29-15-28-18)13-17(16)30-20(22)23/h12-13,20H,4-11,14-15H2,1-3H3,(H2,24,25,26). The summed E-state index contributed by atoms with van der Waals surface area (Å²) in [5, 5.41) is 6.48. The molecule has 1 aliphatic heterocycles. The second kappa shape index (κ2) is 13.1. The fourth-order valence-corrected chi connectivity index (χ4v) is 3.09. The van der Waals surface area contributed by atoms with E-state index in [0.717, 1.165) is 25.9 Å². The maximum Gasteiger partial charge on any atom is 0.387 e. The molecule has 2 N–H and O–H groups in total. The van der Waals surface area contributed by atoms with Crippen LogP contribution in [0.5, 0.6) is 17.2 Å². The first-order valence-corrected chi connectivity index (χ1v) is 10.5. The highest BCUT2D eigenvalue weighted by Gasteiger charge is 2.20. The number of ether oxygens (including phenoxy) is 3. The van der Waals surface area contributed by atoms with Crippen LogP contribution >= 0.6 is 0 Å². The number of alkyl halides is 2. The van der Waals surface area contributed by atoms with Crippen molar-refractivity contribution >= 4 is 5.96 Å². The monoisotopic (exact) mass is 428 g/mol. The van der Waals surface area contributed by atoms with Gasteiger partial charge in [-0.3, -0.25) is 0 Å². The van der Waals surface area contributed by atoms with E-state index in [-0.39, 0.29) is 19.1 Å². The lowest BCUT2D eigenvalue weighted by Gasteiger charge is -2.13. The van der Waals surface area contributed by atoms with Crippen LogP contribution in [0.1, 0.15) is 44.6 Å². The third-order valence-electron chi connectivity index (χ3n) is 4.60. The molecule has 0 saturated heterocycles. The molecule has 0 unspecified atom stereocenters. The Morgan fingerprint density at radius 3 is 2.50 bits per heavy atom. The third kappa shape index (κ3) is 8.61. The summed E-state index contributed by atoms with van der Waals surface area (Å²) >= 11 is 0. The summed E-state index contributed by atoms with van der Waals surface area (Å²) in [5.41, 5.74) is 0.512. The number of nitrogens with zero attached hydrogens (tertiary/aromatic N) is 2. The number of fused-ring (bicyclic) bond motifs is 1. The molecular weight excluding hydrogens is 394 g/mol. The van der Waals surface area contributed by atoms with Gasteiger partial charge in [0.05, 0.1) is 6.54 Å². The van der Waals surface area contributed by atoms with Crippen LogP contribution in [0, 0.1) is 0 Å². The number of guanidine groups is 1. The van der Waals surface area contributed by atoms with Crippen LogP contribution in [0.4, 0.5) is 8.78 Å². The number of hydrogen-bond donors (Lipinski definition) is 2. The maximum atomic E-state index is 12.8. The minimum absolute atomic E-state index is 0.0478. The topological polar surface area (TPSA) is 67.4 Å². The van der Waals surface area contributed by atoms with Crippen molar-refractivity contribution in [3.8, 4) is 17.2 Å². The smallest absolute Gasteiger partial charge is 0.387 e. The van der Waals surface area contributed by atoms with E-state index in [1.54, 1.807) is 6.07 Å². The van der Waals surface area contributed by atoms with Crippen LogP contribution in [-0.4, -0.2) is 58.0 Å². The van der Waals surface area contributed by atoms with Gasteiger partial charge in [0.15, 0.2) is 17.5 Å². The van der Waals surface area contributed by atoms with E-state index >= 15 is 0 Å². The Morgan fingerprint density at radius 1 is 1.10 bits per heavy atom. The SMILES string of the molecule is CCNC(=NCc1cc2c(cc1OC(F)F)OCO2)NCCCCCCCN(C)C. The number of benzene rings is 1. The summed E-state index contributed by atoms with van der Waals surface area (Å²) in [7, 11) is 4.19. The van der Waals surface area contributed by atoms with Crippen LogP contribution in [0.2, 0.25) is 0 Å². The Hall–Kier alpha value is -2.29. The van der Waals surface area contributed by atoms with Crippen LogP contribution in [0.15, 0.2) is 17.1 Å². The first-order chi connectivity index (χ1) is 14.5. The van der Waals surface area contributed by atoms with Gasteiger partial charge in [-0.15, -0.1) is 0 Å². The van der Waals surface area contributed by atoms with Crippen molar-refractivity contribution in [3.63, 3.8) is 0 Å². The zero-order valence-corrected chi connectivity index (χ0v) is 18.2. The first kappa shape index (κ1) is 24.0. The molecule has 1 aromatic rings. The molecule has 0 amide bonds. The Bertz CT molecular complexity index is 672. The zero-order chi connectivity index (χ0) is 21.8. The van der Waals surface area contributed by atoms with Crippen LogP contribution in [-0.2, 0) is 6.54 Å². The molecule has 0 fully saturated rings. The molecule has 0 atom stereocenters. The van der Waals surface area contributed by atoms with E-state index in [0.29, 0.717) is 29.6 Å². The molecule has 1 aromatic carbocycles. The highest BCUT2D eigenvalue weighted by Crippen LogP contribution is 2.39. The quantitative estimate of drug-likeness (QED) is 0.284. The number of hydrogen-bond acceptors (Lipinski definition) is 5.